The zero-order chi connectivity index (χ0) is 21.6. The third-order valence-electron chi connectivity index (χ3n) is 4.88. The summed E-state index contributed by atoms with van der Waals surface area (Å²) in [7, 11) is 0. The summed E-state index contributed by atoms with van der Waals surface area (Å²) in [4.78, 5) is 31.0. The number of carbonyl (C=O) groups is 1. The third-order valence-corrected chi connectivity index (χ3v) is 7.02. The van der Waals surface area contributed by atoms with E-state index in [1.165, 1.54) is 28.7 Å². The molecule has 0 saturated heterocycles. The van der Waals surface area contributed by atoms with Gasteiger partial charge in [0.15, 0.2) is 5.16 Å². The van der Waals surface area contributed by atoms with Crippen molar-refractivity contribution in [1.29, 1.82) is 0 Å². The van der Waals surface area contributed by atoms with E-state index in [1.54, 1.807) is 4.57 Å². The molecule has 0 unspecified atom stereocenters. The third kappa shape index (κ3) is 5.06. The number of carbonyl (C=O) groups excluding carboxylic acids is 1. The van der Waals surface area contributed by atoms with Crippen LogP contribution in [-0.4, -0.2) is 27.8 Å². The van der Waals surface area contributed by atoms with Gasteiger partial charge in [-0.15, -0.1) is 11.3 Å². The summed E-state index contributed by atoms with van der Waals surface area (Å²) in [6, 6.07) is 22.0. The molecule has 0 aliphatic carbocycles. The minimum atomic E-state index is -0.0618. The second kappa shape index (κ2) is 9.94. The molecule has 0 spiro atoms. The van der Waals surface area contributed by atoms with Crippen molar-refractivity contribution in [2.75, 3.05) is 12.3 Å². The number of nitrogens with one attached hydrogen (secondary N) is 1. The Hall–Kier alpha value is -2.90. The van der Waals surface area contributed by atoms with Crippen molar-refractivity contribution in [1.82, 2.24) is 14.9 Å². The molecule has 1 N–H and O–H groups in total. The van der Waals surface area contributed by atoms with Crippen LogP contribution < -0.4 is 10.9 Å². The normalized spacial score (nSPS) is 11.0. The molecule has 5 nitrogen and oxygen atoms in total. The molecule has 158 valence electrons. The van der Waals surface area contributed by atoms with Crippen LogP contribution >= 0.6 is 23.1 Å². The van der Waals surface area contributed by atoms with Crippen LogP contribution in [0.2, 0.25) is 0 Å². The smallest absolute Gasteiger partial charge is 0.272 e. The molecule has 0 aliphatic rings. The van der Waals surface area contributed by atoms with Gasteiger partial charge in [0.25, 0.3) is 5.56 Å². The maximum absolute atomic E-state index is 13.0. The van der Waals surface area contributed by atoms with Crippen molar-refractivity contribution in [2.45, 2.75) is 25.0 Å². The lowest BCUT2D eigenvalue weighted by Crippen LogP contribution is -2.28. The van der Waals surface area contributed by atoms with Gasteiger partial charge in [0, 0.05) is 18.0 Å². The lowest BCUT2D eigenvalue weighted by Gasteiger charge is -2.10. The minimum absolute atomic E-state index is 0.0494. The molecule has 0 atom stereocenters. The van der Waals surface area contributed by atoms with Gasteiger partial charge < -0.3 is 5.32 Å². The summed E-state index contributed by atoms with van der Waals surface area (Å²) in [6.07, 6.45) is 0.790. The Morgan fingerprint density at radius 2 is 1.81 bits per heavy atom. The predicted octanol–water partition coefficient (Wildman–Crippen LogP) is 4.60. The Morgan fingerprint density at radius 3 is 2.52 bits per heavy atom. The fraction of sp³-hybridized carbons (Fsp3) is 0.208. The Kier molecular flexibility index (Phi) is 6.84. The maximum atomic E-state index is 13.0. The standard InChI is InChI=1S/C24H23N3O2S2/c1-2-27-23(29)22-19(15-20(31-22)18-11-7-4-8-12-18)26-24(27)30-16-21(28)25-14-13-17-9-5-3-6-10-17/h3-12,15H,2,13-14,16H2,1H3,(H,25,28). The van der Waals surface area contributed by atoms with E-state index in [4.69, 9.17) is 4.98 Å². The van der Waals surface area contributed by atoms with Gasteiger partial charge in [-0.25, -0.2) is 4.98 Å². The van der Waals surface area contributed by atoms with Crippen LogP contribution in [0.1, 0.15) is 12.5 Å². The first-order valence-electron chi connectivity index (χ1n) is 10.2. The fourth-order valence-corrected chi connectivity index (χ4v) is 5.24. The quantitative estimate of drug-likeness (QED) is 0.316. The number of aromatic nitrogens is 2. The summed E-state index contributed by atoms with van der Waals surface area (Å²) >= 11 is 2.77. The highest BCUT2D eigenvalue weighted by molar-refractivity contribution is 7.99. The number of hydrogen-bond donors (Lipinski definition) is 1. The van der Waals surface area contributed by atoms with Gasteiger partial charge in [-0.1, -0.05) is 72.4 Å². The van der Waals surface area contributed by atoms with Crippen molar-refractivity contribution in [3.63, 3.8) is 0 Å². The van der Waals surface area contributed by atoms with E-state index < -0.39 is 0 Å². The van der Waals surface area contributed by atoms with Crippen LogP contribution in [0.5, 0.6) is 0 Å². The summed E-state index contributed by atoms with van der Waals surface area (Å²) in [6.45, 7) is 3.02. The molecule has 7 heteroatoms. The van der Waals surface area contributed by atoms with Gasteiger partial charge >= 0.3 is 0 Å². The van der Waals surface area contributed by atoms with Crippen molar-refractivity contribution in [3.8, 4) is 10.4 Å². The molecule has 1 amide bonds. The lowest BCUT2D eigenvalue weighted by atomic mass is 10.1. The average molecular weight is 450 g/mol. The van der Waals surface area contributed by atoms with Gasteiger partial charge in [-0.3, -0.25) is 14.2 Å². The van der Waals surface area contributed by atoms with Gasteiger partial charge in [0.2, 0.25) is 5.91 Å². The van der Waals surface area contributed by atoms with Crippen LogP contribution in [0.3, 0.4) is 0 Å². The van der Waals surface area contributed by atoms with Crippen LogP contribution in [0.15, 0.2) is 76.7 Å². The van der Waals surface area contributed by atoms with E-state index in [-0.39, 0.29) is 17.2 Å². The molecule has 2 aromatic carbocycles. The SMILES string of the molecule is CCn1c(SCC(=O)NCCc2ccccc2)nc2cc(-c3ccccc3)sc2c1=O. The van der Waals surface area contributed by atoms with E-state index in [9.17, 15) is 9.59 Å². The zero-order valence-electron chi connectivity index (χ0n) is 17.2. The van der Waals surface area contributed by atoms with E-state index in [0.29, 0.717) is 28.5 Å². The fourth-order valence-electron chi connectivity index (χ4n) is 3.30. The van der Waals surface area contributed by atoms with E-state index in [1.807, 2.05) is 73.7 Å². The Labute approximate surface area is 189 Å². The number of fused-ring (bicyclic) bond motifs is 1. The second-order valence-corrected chi connectivity index (χ2v) is 9.00. The maximum Gasteiger partial charge on any atom is 0.272 e. The number of benzene rings is 2. The summed E-state index contributed by atoms with van der Waals surface area (Å²) in [5, 5.41) is 3.52. The van der Waals surface area contributed by atoms with Gasteiger partial charge in [-0.2, -0.15) is 0 Å². The zero-order valence-corrected chi connectivity index (χ0v) is 18.8. The van der Waals surface area contributed by atoms with E-state index in [0.717, 1.165) is 16.9 Å². The lowest BCUT2D eigenvalue weighted by molar-refractivity contribution is -0.118. The van der Waals surface area contributed by atoms with Crippen LogP contribution in [0, 0.1) is 0 Å². The first-order valence-corrected chi connectivity index (χ1v) is 12.0. The molecular formula is C24H23N3O2S2. The summed E-state index contributed by atoms with van der Waals surface area (Å²) in [5.74, 6) is 0.163. The number of nitrogens with zero attached hydrogens (tertiary/aromatic N) is 2. The van der Waals surface area contributed by atoms with Crippen molar-refractivity contribution < 1.29 is 4.79 Å². The first kappa shape index (κ1) is 21.3. The Bertz CT molecular complexity index is 1230. The first-order chi connectivity index (χ1) is 15.2. The number of thioether (sulfide) groups is 1. The molecule has 0 saturated carbocycles. The van der Waals surface area contributed by atoms with Crippen molar-refractivity contribution in [3.05, 3.63) is 82.6 Å². The molecule has 2 heterocycles. The second-order valence-electron chi connectivity index (χ2n) is 7.01. The van der Waals surface area contributed by atoms with Crippen molar-refractivity contribution in [2.24, 2.45) is 0 Å². The minimum Gasteiger partial charge on any atom is -0.355 e. The average Bonchev–Trinajstić information content (AvgIpc) is 3.24. The highest BCUT2D eigenvalue weighted by Gasteiger charge is 2.15. The molecule has 4 rings (SSSR count). The van der Waals surface area contributed by atoms with Crippen LogP contribution in [0.4, 0.5) is 0 Å². The van der Waals surface area contributed by atoms with Gasteiger partial charge in [-0.05, 0) is 30.5 Å². The summed E-state index contributed by atoms with van der Waals surface area (Å²) < 4.78 is 2.30. The summed E-state index contributed by atoms with van der Waals surface area (Å²) in [5.41, 5.74) is 2.89. The van der Waals surface area contributed by atoms with Gasteiger partial charge in [0.1, 0.15) is 4.70 Å². The van der Waals surface area contributed by atoms with Crippen LogP contribution in [0.25, 0.3) is 20.7 Å². The van der Waals surface area contributed by atoms with Gasteiger partial charge in [0.05, 0.1) is 11.3 Å². The molecule has 0 aliphatic heterocycles. The molecule has 31 heavy (non-hydrogen) atoms. The Balaban J connectivity index is 1.46. The molecule has 0 bridgehead atoms. The molecular weight excluding hydrogens is 426 g/mol. The van der Waals surface area contributed by atoms with Crippen molar-refractivity contribution >= 4 is 39.2 Å². The highest BCUT2D eigenvalue weighted by Crippen LogP contribution is 2.31. The Morgan fingerprint density at radius 1 is 1.10 bits per heavy atom. The predicted molar refractivity (Wildman–Crippen MR) is 129 cm³/mol. The topological polar surface area (TPSA) is 64.0 Å². The number of hydrogen-bond acceptors (Lipinski definition) is 5. The number of thiophene rings is 1. The van der Waals surface area contributed by atoms with Crippen LogP contribution in [-0.2, 0) is 17.8 Å². The number of rotatable bonds is 8. The number of amides is 1. The van der Waals surface area contributed by atoms with E-state index >= 15 is 0 Å². The largest absolute Gasteiger partial charge is 0.355 e. The molecule has 2 aromatic heterocycles. The monoisotopic (exact) mass is 449 g/mol. The molecule has 0 radical (unpaired) electrons. The molecule has 0 fully saturated rings. The highest BCUT2D eigenvalue weighted by atomic mass is 32.2. The molecule has 4 aromatic rings. The van der Waals surface area contributed by atoms with E-state index in [2.05, 4.69) is 5.32 Å².